The minimum atomic E-state index is -0.348. The third-order valence-corrected chi connectivity index (χ3v) is 6.41. The Morgan fingerprint density at radius 2 is 1.66 bits per heavy atom. The Balaban J connectivity index is 1.59. The molecule has 1 aliphatic heterocycles. The number of H-pyrrole nitrogens is 1. The molecule has 3 heterocycles. The first-order chi connectivity index (χ1) is 17.1. The van der Waals surface area contributed by atoms with E-state index in [-0.39, 0.29) is 11.9 Å². The number of hydrogen-bond acceptors (Lipinski definition) is 4. The van der Waals surface area contributed by atoms with Crippen molar-refractivity contribution < 1.29 is 4.39 Å². The van der Waals surface area contributed by atoms with E-state index < -0.39 is 0 Å². The zero-order valence-electron chi connectivity index (χ0n) is 19.6. The Morgan fingerprint density at radius 1 is 0.914 bits per heavy atom. The van der Waals surface area contributed by atoms with E-state index >= 15 is 4.39 Å². The van der Waals surface area contributed by atoms with Gasteiger partial charge in [-0.05, 0) is 43.9 Å². The smallest absolute Gasteiger partial charge is 0.162 e. The molecule has 5 aromatic rings. The maximum atomic E-state index is 15.1. The van der Waals surface area contributed by atoms with Crippen molar-refractivity contribution >= 4 is 16.6 Å². The van der Waals surface area contributed by atoms with Crippen LogP contribution in [0.3, 0.4) is 0 Å². The number of aromatic nitrogens is 4. The number of aromatic amines is 1. The van der Waals surface area contributed by atoms with Gasteiger partial charge in [0.25, 0.3) is 0 Å². The monoisotopic (exact) mass is 464 g/mol. The van der Waals surface area contributed by atoms with Crippen LogP contribution in [0.1, 0.15) is 34.4 Å². The lowest BCUT2D eigenvalue weighted by Crippen LogP contribution is -2.17. The number of rotatable bonds is 5. The highest BCUT2D eigenvalue weighted by molar-refractivity contribution is 6.15. The fraction of sp³-hybridized carbons (Fsp3) is 0.179. The van der Waals surface area contributed by atoms with Crippen LogP contribution in [-0.2, 0) is 13.0 Å². The Morgan fingerprint density at radius 3 is 2.49 bits per heavy atom. The van der Waals surface area contributed by atoms with Gasteiger partial charge >= 0.3 is 0 Å². The van der Waals surface area contributed by atoms with E-state index in [0.29, 0.717) is 24.2 Å². The van der Waals surface area contributed by atoms with Gasteiger partial charge in [-0.15, -0.1) is 10.2 Å². The average Bonchev–Trinajstić information content (AvgIpc) is 3.42. The number of halogens is 1. The van der Waals surface area contributed by atoms with E-state index in [1.54, 1.807) is 12.1 Å². The molecule has 6 nitrogen and oxygen atoms in total. The highest BCUT2D eigenvalue weighted by Crippen LogP contribution is 2.34. The second-order valence-corrected chi connectivity index (χ2v) is 9.10. The molecule has 0 fully saturated rings. The van der Waals surface area contributed by atoms with Crippen molar-refractivity contribution in [3.05, 3.63) is 113 Å². The highest BCUT2D eigenvalue weighted by Gasteiger charge is 2.30. The van der Waals surface area contributed by atoms with Gasteiger partial charge in [-0.2, -0.15) is 0 Å². The van der Waals surface area contributed by atoms with Crippen LogP contribution in [0.4, 0.5) is 4.39 Å². The zero-order chi connectivity index (χ0) is 23.9. The summed E-state index contributed by atoms with van der Waals surface area (Å²) in [5, 5.41) is 10.3. The number of para-hydroxylation sites is 2. The molecule has 2 aromatic heterocycles. The van der Waals surface area contributed by atoms with Gasteiger partial charge < -0.3 is 9.88 Å². The third kappa shape index (κ3) is 3.74. The molecule has 0 radical (unpaired) electrons. The van der Waals surface area contributed by atoms with Crippen molar-refractivity contribution in [3.63, 3.8) is 0 Å². The molecule has 35 heavy (non-hydrogen) atoms. The SMILES string of the molecule is CN(C)Cc1nnc2n1-c1ccccc1C(c1ccccc1F)=N[C@@H]2Cc1c[nH]c2ccccc12. The van der Waals surface area contributed by atoms with Gasteiger partial charge in [-0.25, -0.2) is 4.39 Å². The topological polar surface area (TPSA) is 62.1 Å². The van der Waals surface area contributed by atoms with Gasteiger partial charge in [-0.3, -0.25) is 9.56 Å². The summed E-state index contributed by atoms with van der Waals surface area (Å²) in [5.41, 5.74) is 5.10. The van der Waals surface area contributed by atoms with Crippen molar-refractivity contribution in [2.24, 2.45) is 4.99 Å². The fourth-order valence-electron chi connectivity index (χ4n) is 4.86. The number of fused-ring (bicyclic) bond motifs is 4. The Labute approximate surface area is 202 Å². The van der Waals surface area contributed by atoms with E-state index in [4.69, 9.17) is 4.99 Å². The molecule has 1 aliphatic rings. The van der Waals surface area contributed by atoms with Gasteiger partial charge in [0.15, 0.2) is 11.6 Å². The maximum Gasteiger partial charge on any atom is 0.162 e. The van der Waals surface area contributed by atoms with Crippen molar-refractivity contribution in [1.82, 2.24) is 24.6 Å². The van der Waals surface area contributed by atoms with E-state index in [1.807, 2.05) is 62.8 Å². The van der Waals surface area contributed by atoms with Crippen LogP contribution in [0.5, 0.6) is 0 Å². The first-order valence-corrected chi connectivity index (χ1v) is 11.7. The van der Waals surface area contributed by atoms with Crippen LogP contribution in [-0.4, -0.2) is 44.5 Å². The van der Waals surface area contributed by atoms with E-state index in [0.717, 1.165) is 39.4 Å². The molecule has 0 bridgehead atoms. The van der Waals surface area contributed by atoms with Gasteiger partial charge in [0.05, 0.1) is 17.9 Å². The Hall–Kier alpha value is -4.10. The van der Waals surface area contributed by atoms with E-state index in [1.165, 1.54) is 6.07 Å². The summed E-state index contributed by atoms with van der Waals surface area (Å²) in [4.78, 5) is 10.6. The molecule has 0 unspecified atom stereocenters. The van der Waals surface area contributed by atoms with Gasteiger partial charge in [0, 0.05) is 34.6 Å². The number of hydrogen-bond donors (Lipinski definition) is 1. The van der Waals surface area contributed by atoms with Crippen molar-refractivity contribution in [2.75, 3.05) is 14.1 Å². The quantitative estimate of drug-likeness (QED) is 0.394. The van der Waals surface area contributed by atoms with Crippen LogP contribution in [0.25, 0.3) is 16.6 Å². The number of nitrogens with one attached hydrogen (secondary N) is 1. The molecule has 0 amide bonds. The minimum Gasteiger partial charge on any atom is -0.361 e. The van der Waals surface area contributed by atoms with Gasteiger partial charge in [0.1, 0.15) is 11.9 Å². The minimum absolute atomic E-state index is 0.293. The summed E-state index contributed by atoms with van der Waals surface area (Å²) in [6.45, 7) is 0.621. The highest BCUT2D eigenvalue weighted by atomic mass is 19.1. The predicted molar refractivity (Wildman–Crippen MR) is 136 cm³/mol. The molecule has 174 valence electrons. The first-order valence-electron chi connectivity index (χ1n) is 11.7. The van der Waals surface area contributed by atoms with Gasteiger partial charge in [0.2, 0.25) is 0 Å². The lowest BCUT2D eigenvalue weighted by Gasteiger charge is -2.16. The summed E-state index contributed by atoms with van der Waals surface area (Å²) in [6.07, 6.45) is 2.64. The Bertz CT molecular complexity index is 1560. The first kappa shape index (κ1) is 21.4. The molecular formula is C28H25FN6. The van der Waals surface area contributed by atoms with Crippen molar-refractivity contribution in [1.29, 1.82) is 0 Å². The maximum absolute atomic E-state index is 15.1. The van der Waals surface area contributed by atoms with Gasteiger partial charge in [-0.1, -0.05) is 48.5 Å². The molecule has 0 saturated heterocycles. The number of aliphatic imine (C=N–C) groups is 1. The van der Waals surface area contributed by atoms with Crippen LogP contribution >= 0.6 is 0 Å². The van der Waals surface area contributed by atoms with E-state index in [2.05, 4.69) is 36.8 Å². The van der Waals surface area contributed by atoms with Crippen molar-refractivity contribution in [2.45, 2.75) is 19.0 Å². The van der Waals surface area contributed by atoms with Crippen molar-refractivity contribution in [3.8, 4) is 5.69 Å². The van der Waals surface area contributed by atoms with Crippen LogP contribution in [0.15, 0.2) is 84.0 Å². The summed E-state index contributed by atoms with van der Waals surface area (Å²) >= 11 is 0. The fourth-order valence-corrected chi connectivity index (χ4v) is 4.86. The standard InChI is InChI=1S/C28H25FN6/c1-34(2)17-26-32-33-28-24(15-18-16-30-23-13-7-4-9-19(18)23)31-27(20-10-3-6-12-22(20)29)21-11-5-8-14-25(21)35(26)28/h3-14,16,24,30H,15,17H2,1-2H3/t24-/m1/s1. The van der Waals surface area contributed by atoms with Crippen LogP contribution in [0.2, 0.25) is 0 Å². The Kier molecular flexibility index (Phi) is 5.26. The molecule has 3 aromatic carbocycles. The molecule has 6 rings (SSSR count). The summed E-state index contributed by atoms with van der Waals surface area (Å²) in [6, 6.07) is 22.7. The molecule has 0 spiro atoms. The van der Waals surface area contributed by atoms with Crippen LogP contribution < -0.4 is 0 Å². The molecule has 1 atom stereocenters. The van der Waals surface area contributed by atoms with E-state index in [9.17, 15) is 0 Å². The summed E-state index contributed by atoms with van der Waals surface area (Å²) in [5.74, 6) is 1.29. The zero-order valence-corrected chi connectivity index (χ0v) is 19.6. The molecular weight excluding hydrogens is 439 g/mol. The largest absolute Gasteiger partial charge is 0.361 e. The second-order valence-electron chi connectivity index (χ2n) is 9.10. The summed E-state index contributed by atoms with van der Waals surface area (Å²) in [7, 11) is 4.02. The molecule has 0 aliphatic carbocycles. The predicted octanol–water partition coefficient (Wildman–Crippen LogP) is 5.08. The lowest BCUT2D eigenvalue weighted by molar-refractivity contribution is 0.386. The normalized spacial score (nSPS) is 15.1. The summed E-state index contributed by atoms with van der Waals surface area (Å²) < 4.78 is 17.2. The molecule has 7 heteroatoms. The molecule has 0 saturated carbocycles. The average molecular weight is 465 g/mol. The molecule has 1 N–H and O–H groups in total. The lowest BCUT2D eigenvalue weighted by atomic mass is 9.99. The number of nitrogens with zero attached hydrogens (tertiary/aromatic N) is 5. The number of benzene rings is 3. The second kappa shape index (κ2) is 8.60. The van der Waals surface area contributed by atoms with Crippen LogP contribution in [0, 0.1) is 5.82 Å². The third-order valence-electron chi connectivity index (χ3n) is 6.41.